The van der Waals surface area contributed by atoms with Crippen molar-refractivity contribution in [1.82, 2.24) is 4.98 Å². The molecular weight excluding hydrogens is 316 g/mol. The maximum atomic E-state index is 11.7. The van der Waals surface area contributed by atoms with Crippen LogP contribution in [0.25, 0.3) is 21.7 Å². The summed E-state index contributed by atoms with van der Waals surface area (Å²) in [6, 6.07) is 18.2. The second-order valence-electron chi connectivity index (χ2n) is 5.71. The van der Waals surface area contributed by atoms with Gasteiger partial charge in [0.25, 0.3) is 0 Å². The summed E-state index contributed by atoms with van der Waals surface area (Å²) in [5.74, 6) is -0.962. The van der Waals surface area contributed by atoms with E-state index >= 15 is 0 Å². The topological polar surface area (TPSA) is 82.5 Å². The first-order valence-electron chi connectivity index (χ1n) is 7.73. The van der Waals surface area contributed by atoms with E-state index in [-0.39, 0.29) is 11.3 Å². The van der Waals surface area contributed by atoms with Crippen LogP contribution in [-0.4, -0.2) is 21.2 Å². The number of phenolic OH excluding ortho intramolecular Hbond substituents is 1. The van der Waals surface area contributed by atoms with Crippen molar-refractivity contribution in [1.29, 1.82) is 0 Å². The van der Waals surface area contributed by atoms with Crippen LogP contribution in [0.5, 0.6) is 5.75 Å². The number of benzene rings is 3. The summed E-state index contributed by atoms with van der Waals surface area (Å²) in [7, 11) is 0. The average molecular weight is 330 g/mol. The van der Waals surface area contributed by atoms with E-state index in [2.05, 4.69) is 10.3 Å². The highest BCUT2D eigenvalue weighted by atomic mass is 16.4. The van der Waals surface area contributed by atoms with Gasteiger partial charge in [0.05, 0.1) is 11.2 Å². The molecule has 5 nitrogen and oxygen atoms in total. The quantitative estimate of drug-likeness (QED) is 0.481. The van der Waals surface area contributed by atoms with Crippen LogP contribution in [0.2, 0.25) is 0 Å². The second-order valence-corrected chi connectivity index (χ2v) is 5.71. The molecule has 25 heavy (non-hydrogen) atoms. The number of carboxylic acids is 1. The van der Waals surface area contributed by atoms with Crippen molar-refractivity contribution in [2.45, 2.75) is 0 Å². The van der Waals surface area contributed by atoms with Crippen molar-refractivity contribution in [3.63, 3.8) is 0 Å². The minimum atomic E-state index is -1.06. The van der Waals surface area contributed by atoms with Crippen LogP contribution in [0.1, 0.15) is 10.4 Å². The van der Waals surface area contributed by atoms with E-state index in [1.165, 1.54) is 6.20 Å². The van der Waals surface area contributed by atoms with Gasteiger partial charge >= 0.3 is 5.97 Å². The number of aromatic carboxylic acids is 1. The normalized spacial score (nSPS) is 10.9. The maximum absolute atomic E-state index is 11.7. The van der Waals surface area contributed by atoms with Crippen molar-refractivity contribution in [3.05, 3.63) is 72.4 Å². The molecule has 0 unspecified atom stereocenters. The van der Waals surface area contributed by atoms with E-state index in [1.54, 1.807) is 24.3 Å². The number of pyridine rings is 1. The molecule has 5 heteroatoms. The molecule has 4 rings (SSSR count). The molecule has 1 aromatic heterocycles. The van der Waals surface area contributed by atoms with E-state index in [0.29, 0.717) is 16.8 Å². The second kappa shape index (κ2) is 5.79. The van der Waals surface area contributed by atoms with Crippen molar-refractivity contribution >= 4 is 39.0 Å². The van der Waals surface area contributed by atoms with Crippen molar-refractivity contribution in [3.8, 4) is 5.75 Å². The van der Waals surface area contributed by atoms with Crippen LogP contribution in [0.15, 0.2) is 66.9 Å². The summed E-state index contributed by atoms with van der Waals surface area (Å²) < 4.78 is 0. The molecule has 0 spiro atoms. The van der Waals surface area contributed by atoms with E-state index in [4.69, 9.17) is 0 Å². The lowest BCUT2D eigenvalue weighted by atomic mass is 10.0. The highest BCUT2D eigenvalue weighted by Gasteiger charge is 2.16. The Morgan fingerprint density at radius 1 is 0.960 bits per heavy atom. The first-order chi connectivity index (χ1) is 12.1. The molecule has 0 aliphatic heterocycles. The SMILES string of the molecule is O=C(O)c1cnc2c(ccc3ccccc32)c1Nc1cccc(O)c1. The zero-order valence-corrected chi connectivity index (χ0v) is 13.1. The number of nitrogens with one attached hydrogen (secondary N) is 1. The van der Waals surface area contributed by atoms with Gasteiger partial charge in [-0.3, -0.25) is 4.98 Å². The highest BCUT2D eigenvalue weighted by molar-refractivity contribution is 6.13. The van der Waals surface area contributed by atoms with Crippen LogP contribution in [0, 0.1) is 0 Å². The number of carboxylic acid groups (broad SMARTS) is 1. The van der Waals surface area contributed by atoms with E-state index in [0.717, 1.165) is 16.3 Å². The molecule has 0 fully saturated rings. The number of carbonyl (C=O) groups is 1. The van der Waals surface area contributed by atoms with Crippen LogP contribution >= 0.6 is 0 Å². The maximum Gasteiger partial charge on any atom is 0.339 e. The van der Waals surface area contributed by atoms with Gasteiger partial charge in [-0.1, -0.05) is 42.5 Å². The summed E-state index contributed by atoms with van der Waals surface area (Å²) in [6.07, 6.45) is 1.36. The molecule has 0 saturated carbocycles. The van der Waals surface area contributed by atoms with Gasteiger partial charge in [-0.25, -0.2) is 4.79 Å². The lowest BCUT2D eigenvalue weighted by Crippen LogP contribution is -2.05. The Morgan fingerprint density at radius 3 is 2.60 bits per heavy atom. The summed E-state index contributed by atoms with van der Waals surface area (Å²) >= 11 is 0. The molecule has 4 aromatic rings. The molecule has 0 aliphatic carbocycles. The molecule has 0 amide bonds. The lowest BCUT2D eigenvalue weighted by molar-refractivity contribution is 0.0697. The molecule has 0 saturated heterocycles. The van der Waals surface area contributed by atoms with E-state index in [9.17, 15) is 15.0 Å². The molecule has 0 bridgehead atoms. The van der Waals surface area contributed by atoms with Gasteiger partial charge in [-0.05, 0) is 17.5 Å². The minimum Gasteiger partial charge on any atom is -0.508 e. The minimum absolute atomic E-state index is 0.0751. The average Bonchev–Trinajstić information content (AvgIpc) is 2.61. The number of aromatic hydroxyl groups is 1. The monoisotopic (exact) mass is 330 g/mol. The molecule has 3 N–H and O–H groups in total. The number of rotatable bonds is 3. The lowest BCUT2D eigenvalue weighted by Gasteiger charge is -2.14. The van der Waals surface area contributed by atoms with Crippen LogP contribution in [-0.2, 0) is 0 Å². The van der Waals surface area contributed by atoms with Crippen molar-refractivity contribution < 1.29 is 15.0 Å². The van der Waals surface area contributed by atoms with E-state index in [1.807, 2.05) is 36.4 Å². The summed E-state index contributed by atoms with van der Waals surface area (Å²) in [5.41, 5.74) is 1.86. The van der Waals surface area contributed by atoms with Gasteiger partial charge in [-0.15, -0.1) is 0 Å². The number of hydrogen-bond acceptors (Lipinski definition) is 4. The van der Waals surface area contributed by atoms with Gasteiger partial charge in [-0.2, -0.15) is 0 Å². The summed E-state index contributed by atoms with van der Waals surface area (Å²) in [6.45, 7) is 0. The molecular formula is C20H14N2O3. The number of aromatic nitrogens is 1. The number of phenols is 1. The van der Waals surface area contributed by atoms with Crippen LogP contribution in [0.4, 0.5) is 11.4 Å². The predicted octanol–water partition coefficient (Wildman–Crippen LogP) is 4.54. The Morgan fingerprint density at radius 2 is 1.80 bits per heavy atom. The first-order valence-corrected chi connectivity index (χ1v) is 7.73. The molecule has 122 valence electrons. The van der Waals surface area contributed by atoms with Crippen LogP contribution in [0.3, 0.4) is 0 Å². The van der Waals surface area contributed by atoms with Crippen molar-refractivity contribution in [2.24, 2.45) is 0 Å². The van der Waals surface area contributed by atoms with Gasteiger partial charge in [0.15, 0.2) is 0 Å². The zero-order valence-electron chi connectivity index (χ0n) is 13.1. The fourth-order valence-electron chi connectivity index (χ4n) is 2.96. The van der Waals surface area contributed by atoms with Gasteiger partial charge in [0.2, 0.25) is 0 Å². The van der Waals surface area contributed by atoms with Crippen LogP contribution < -0.4 is 5.32 Å². The molecule has 0 radical (unpaired) electrons. The molecule has 0 atom stereocenters. The Balaban J connectivity index is 2.00. The fraction of sp³-hybridized carbons (Fsp3) is 0. The van der Waals surface area contributed by atoms with Gasteiger partial charge in [0.1, 0.15) is 11.3 Å². The van der Waals surface area contributed by atoms with Gasteiger partial charge in [0, 0.05) is 28.7 Å². The Labute approximate surface area is 143 Å². The summed E-state index contributed by atoms with van der Waals surface area (Å²) in [5, 5.41) is 25.0. The Kier molecular flexibility index (Phi) is 3.47. The Bertz CT molecular complexity index is 1120. The zero-order chi connectivity index (χ0) is 17.4. The Hall–Kier alpha value is -3.60. The third-order valence-corrected chi connectivity index (χ3v) is 4.11. The molecule has 0 aliphatic rings. The number of anilines is 2. The first kappa shape index (κ1) is 15.0. The fourth-order valence-corrected chi connectivity index (χ4v) is 2.96. The summed E-state index contributed by atoms with van der Waals surface area (Å²) in [4.78, 5) is 16.0. The number of fused-ring (bicyclic) bond motifs is 3. The number of hydrogen-bond donors (Lipinski definition) is 3. The third kappa shape index (κ3) is 2.61. The number of nitrogens with zero attached hydrogens (tertiary/aromatic N) is 1. The largest absolute Gasteiger partial charge is 0.508 e. The van der Waals surface area contributed by atoms with Gasteiger partial charge < -0.3 is 15.5 Å². The molecule has 1 heterocycles. The molecule has 3 aromatic carbocycles. The smallest absolute Gasteiger partial charge is 0.339 e. The highest BCUT2D eigenvalue weighted by Crippen LogP contribution is 2.33. The predicted molar refractivity (Wildman–Crippen MR) is 97.6 cm³/mol. The van der Waals surface area contributed by atoms with Crippen molar-refractivity contribution in [2.75, 3.05) is 5.32 Å². The standard InChI is InChI=1S/C20H14N2O3/c23-14-6-3-5-13(10-14)22-19-16-9-8-12-4-1-2-7-15(12)18(16)21-11-17(19)20(24)25/h1-11,23H,(H,21,22)(H,24,25). The van der Waals surface area contributed by atoms with E-state index < -0.39 is 5.97 Å². The third-order valence-electron chi connectivity index (χ3n) is 4.11.